The normalized spacial score (nSPS) is 10.8. The zero-order chi connectivity index (χ0) is 19.9. The lowest BCUT2D eigenvalue weighted by Crippen LogP contribution is -2.02. The summed E-state index contributed by atoms with van der Waals surface area (Å²) in [4.78, 5) is 12.2. The average molecular weight is 399 g/mol. The highest BCUT2D eigenvalue weighted by atomic mass is 32.2. The van der Waals surface area contributed by atoms with Crippen LogP contribution in [0.3, 0.4) is 0 Å². The zero-order valence-corrected chi connectivity index (χ0v) is 16.7. The third-order valence-electron chi connectivity index (χ3n) is 4.33. The molecule has 0 fully saturated rings. The predicted octanol–water partition coefficient (Wildman–Crippen LogP) is 4.87. The van der Waals surface area contributed by atoms with Gasteiger partial charge in [0.25, 0.3) is 0 Å². The number of hydrogen-bond donors (Lipinski definition) is 0. The van der Waals surface area contributed by atoms with Gasteiger partial charge in [-0.3, -0.25) is 4.79 Å². The van der Waals surface area contributed by atoms with Crippen LogP contribution < -0.4 is 4.74 Å². The van der Waals surface area contributed by atoms with Gasteiger partial charge in [-0.2, -0.15) is 0 Å². The SMILES string of the molecule is CCn1c(SCCCC(=O)c2ccc(F)cc2)nnc1-c1ccccc1OC. The molecule has 2 aromatic carbocycles. The van der Waals surface area contributed by atoms with E-state index >= 15 is 0 Å². The van der Waals surface area contributed by atoms with Crippen molar-refractivity contribution in [2.75, 3.05) is 12.9 Å². The molecule has 0 aliphatic rings. The first-order valence-corrected chi connectivity index (χ1v) is 10.1. The molecular formula is C21H22FN3O2S. The number of halogens is 1. The van der Waals surface area contributed by atoms with E-state index < -0.39 is 0 Å². The molecule has 0 bridgehead atoms. The lowest BCUT2D eigenvalue weighted by molar-refractivity contribution is 0.0982. The molecule has 1 heterocycles. The zero-order valence-electron chi connectivity index (χ0n) is 15.9. The summed E-state index contributed by atoms with van der Waals surface area (Å²) >= 11 is 1.58. The van der Waals surface area contributed by atoms with Crippen molar-refractivity contribution in [1.29, 1.82) is 0 Å². The Morgan fingerprint density at radius 2 is 1.89 bits per heavy atom. The first-order chi connectivity index (χ1) is 13.6. The van der Waals surface area contributed by atoms with Gasteiger partial charge in [-0.1, -0.05) is 23.9 Å². The molecule has 3 rings (SSSR count). The summed E-state index contributed by atoms with van der Waals surface area (Å²) in [5.74, 6) is 1.96. The molecule has 0 aliphatic heterocycles. The molecule has 7 heteroatoms. The van der Waals surface area contributed by atoms with E-state index in [-0.39, 0.29) is 11.6 Å². The van der Waals surface area contributed by atoms with Crippen LogP contribution in [0.15, 0.2) is 53.7 Å². The molecule has 3 aromatic rings. The Morgan fingerprint density at radius 1 is 1.14 bits per heavy atom. The van der Waals surface area contributed by atoms with Gasteiger partial charge in [0, 0.05) is 24.3 Å². The lowest BCUT2D eigenvalue weighted by Gasteiger charge is -2.10. The van der Waals surface area contributed by atoms with Gasteiger partial charge in [-0.25, -0.2) is 4.39 Å². The maximum atomic E-state index is 13.0. The number of benzene rings is 2. The van der Waals surface area contributed by atoms with E-state index in [9.17, 15) is 9.18 Å². The lowest BCUT2D eigenvalue weighted by atomic mass is 10.1. The number of nitrogens with zero attached hydrogens (tertiary/aromatic N) is 3. The smallest absolute Gasteiger partial charge is 0.191 e. The van der Waals surface area contributed by atoms with Crippen molar-refractivity contribution in [1.82, 2.24) is 14.8 Å². The van der Waals surface area contributed by atoms with E-state index in [1.165, 1.54) is 24.3 Å². The third kappa shape index (κ3) is 4.59. The van der Waals surface area contributed by atoms with Crippen LogP contribution in [0, 0.1) is 5.82 Å². The van der Waals surface area contributed by atoms with Crippen LogP contribution in [0.25, 0.3) is 11.4 Å². The number of aromatic nitrogens is 3. The largest absolute Gasteiger partial charge is 0.496 e. The summed E-state index contributed by atoms with van der Waals surface area (Å²) in [7, 11) is 1.64. The van der Waals surface area contributed by atoms with E-state index in [2.05, 4.69) is 10.2 Å². The monoisotopic (exact) mass is 399 g/mol. The number of thioether (sulfide) groups is 1. The number of methoxy groups -OCH3 is 1. The van der Waals surface area contributed by atoms with Crippen LogP contribution in [0.4, 0.5) is 4.39 Å². The number of carbonyl (C=O) groups excluding carboxylic acids is 1. The topological polar surface area (TPSA) is 57.0 Å². The van der Waals surface area contributed by atoms with Crippen LogP contribution in [-0.2, 0) is 6.54 Å². The molecule has 28 heavy (non-hydrogen) atoms. The predicted molar refractivity (Wildman–Crippen MR) is 108 cm³/mol. The van der Waals surface area contributed by atoms with Gasteiger partial charge in [-0.15, -0.1) is 10.2 Å². The van der Waals surface area contributed by atoms with E-state index in [4.69, 9.17) is 4.74 Å². The number of hydrogen-bond acceptors (Lipinski definition) is 5. The van der Waals surface area contributed by atoms with Crippen LogP contribution in [-0.4, -0.2) is 33.4 Å². The van der Waals surface area contributed by atoms with Crippen molar-refractivity contribution < 1.29 is 13.9 Å². The fourth-order valence-corrected chi connectivity index (χ4v) is 3.83. The number of ketones is 1. The minimum absolute atomic E-state index is 0.0206. The van der Waals surface area contributed by atoms with Crippen LogP contribution in [0.2, 0.25) is 0 Å². The van der Waals surface area contributed by atoms with E-state index in [1.54, 1.807) is 18.9 Å². The summed E-state index contributed by atoms with van der Waals surface area (Å²) in [5.41, 5.74) is 1.44. The molecule has 0 amide bonds. The van der Waals surface area contributed by atoms with E-state index in [1.807, 2.05) is 35.8 Å². The van der Waals surface area contributed by atoms with Gasteiger partial charge < -0.3 is 9.30 Å². The van der Waals surface area contributed by atoms with Crippen molar-refractivity contribution in [3.63, 3.8) is 0 Å². The summed E-state index contributed by atoms with van der Waals surface area (Å²) in [5, 5.41) is 9.48. The van der Waals surface area contributed by atoms with Gasteiger partial charge >= 0.3 is 0 Å². The average Bonchev–Trinajstić information content (AvgIpc) is 3.14. The molecule has 0 aliphatic carbocycles. The number of para-hydroxylation sites is 1. The highest BCUT2D eigenvalue weighted by Crippen LogP contribution is 2.31. The van der Waals surface area contributed by atoms with Crippen molar-refractivity contribution in [2.24, 2.45) is 0 Å². The number of carbonyl (C=O) groups is 1. The second kappa shape index (κ2) is 9.50. The molecule has 0 saturated carbocycles. The highest BCUT2D eigenvalue weighted by Gasteiger charge is 2.16. The maximum absolute atomic E-state index is 13.0. The van der Waals surface area contributed by atoms with Crippen LogP contribution in [0.1, 0.15) is 30.1 Å². The minimum atomic E-state index is -0.336. The van der Waals surface area contributed by atoms with Crippen molar-refractivity contribution in [3.05, 3.63) is 59.9 Å². The Balaban J connectivity index is 1.61. The fourth-order valence-electron chi connectivity index (χ4n) is 2.89. The molecule has 1 aromatic heterocycles. The van der Waals surface area contributed by atoms with Gasteiger partial charge in [0.15, 0.2) is 16.8 Å². The van der Waals surface area contributed by atoms with E-state index in [0.717, 1.165) is 34.6 Å². The second-order valence-electron chi connectivity index (χ2n) is 6.13. The Kier molecular flexibility index (Phi) is 6.81. The van der Waals surface area contributed by atoms with Gasteiger partial charge in [0.1, 0.15) is 11.6 Å². The maximum Gasteiger partial charge on any atom is 0.191 e. The Hall–Kier alpha value is -2.67. The standard InChI is InChI=1S/C21H22FN3O2S/c1-3-25-20(17-7-4-5-9-19(17)27-2)23-24-21(25)28-14-6-8-18(26)15-10-12-16(22)13-11-15/h4-5,7,9-13H,3,6,8,14H2,1-2H3. The van der Waals surface area contributed by atoms with Gasteiger partial charge in [-0.05, 0) is 49.7 Å². The van der Waals surface area contributed by atoms with Crippen LogP contribution >= 0.6 is 11.8 Å². The molecule has 5 nitrogen and oxygen atoms in total. The number of ether oxygens (including phenoxy) is 1. The molecule has 0 atom stereocenters. The summed E-state index contributed by atoms with van der Waals surface area (Å²) < 4.78 is 20.4. The van der Waals surface area contributed by atoms with Gasteiger partial charge in [0.2, 0.25) is 0 Å². The molecular weight excluding hydrogens is 377 g/mol. The molecule has 0 radical (unpaired) electrons. The van der Waals surface area contributed by atoms with Crippen LogP contribution in [0.5, 0.6) is 5.75 Å². The fraction of sp³-hybridized carbons (Fsp3) is 0.286. The molecule has 0 N–H and O–H groups in total. The van der Waals surface area contributed by atoms with Crippen molar-refractivity contribution in [2.45, 2.75) is 31.5 Å². The summed E-state index contributed by atoms with van der Waals surface area (Å²) in [6.07, 6.45) is 1.12. The molecule has 146 valence electrons. The molecule has 0 saturated heterocycles. The molecule has 0 spiro atoms. The Labute approximate surface area is 167 Å². The number of rotatable bonds is 9. The minimum Gasteiger partial charge on any atom is -0.496 e. The van der Waals surface area contributed by atoms with Crippen molar-refractivity contribution in [3.8, 4) is 17.1 Å². The first-order valence-electron chi connectivity index (χ1n) is 9.12. The van der Waals surface area contributed by atoms with E-state index in [0.29, 0.717) is 18.4 Å². The number of Topliss-reactive ketones (excluding diaryl/α,β-unsaturated/α-hetero) is 1. The second-order valence-corrected chi connectivity index (χ2v) is 7.19. The van der Waals surface area contributed by atoms with Crippen molar-refractivity contribution >= 4 is 17.5 Å². The third-order valence-corrected chi connectivity index (χ3v) is 5.38. The quantitative estimate of drug-likeness (QED) is 0.292. The Bertz CT molecular complexity index is 941. The first kappa shape index (κ1) is 20.1. The summed E-state index contributed by atoms with van der Waals surface area (Å²) in [6.45, 7) is 2.78. The Morgan fingerprint density at radius 3 is 2.61 bits per heavy atom. The van der Waals surface area contributed by atoms with Gasteiger partial charge in [0.05, 0.1) is 12.7 Å². The highest BCUT2D eigenvalue weighted by molar-refractivity contribution is 7.99. The summed E-state index contributed by atoms with van der Waals surface area (Å²) in [6, 6.07) is 13.4. The molecule has 0 unspecified atom stereocenters.